The number of hydrogen-bond acceptors (Lipinski definition) is 3. The maximum atomic E-state index is 13.2. The van der Waals surface area contributed by atoms with Crippen molar-refractivity contribution in [2.24, 2.45) is 0 Å². The minimum atomic E-state index is -0.292. The van der Waals surface area contributed by atoms with Crippen molar-refractivity contribution >= 4 is 11.8 Å². The predicted molar refractivity (Wildman–Crippen MR) is 91.2 cm³/mol. The van der Waals surface area contributed by atoms with Gasteiger partial charge in [0.05, 0.1) is 6.04 Å². The summed E-state index contributed by atoms with van der Waals surface area (Å²) < 4.78 is 13.2. The van der Waals surface area contributed by atoms with E-state index in [0.717, 1.165) is 31.5 Å². The summed E-state index contributed by atoms with van der Waals surface area (Å²) in [6.45, 7) is 2.45. The quantitative estimate of drug-likeness (QED) is 0.886. The molecule has 126 valence electrons. The van der Waals surface area contributed by atoms with Gasteiger partial charge in [0.15, 0.2) is 0 Å². The standard InChI is InChI=1S/C18H21FN4O/c19-15-8-6-14(7-9-15)16(23-11-3-4-12-23)13-21-18(24)22-17-5-1-2-10-20-17/h1-2,5-10,16H,3-4,11-13H2,(H2,20,21,22,24). The average molecular weight is 328 g/mol. The summed E-state index contributed by atoms with van der Waals surface area (Å²) >= 11 is 0. The normalized spacial score (nSPS) is 15.9. The molecule has 0 aliphatic carbocycles. The second kappa shape index (κ2) is 7.88. The van der Waals surface area contributed by atoms with Crippen LogP contribution in [0.4, 0.5) is 15.0 Å². The zero-order valence-electron chi connectivity index (χ0n) is 13.4. The third-order valence-corrected chi connectivity index (χ3v) is 4.20. The van der Waals surface area contributed by atoms with Crippen molar-refractivity contribution in [1.29, 1.82) is 0 Å². The van der Waals surface area contributed by atoms with Gasteiger partial charge < -0.3 is 5.32 Å². The van der Waals surface area contributed by atoms with Crippen LogP contribution in [0, 0.1) is 5.82 Å². The van der Waals surface area contributed by atoms with Gasteiger partial charge in [-0.1, -0.05) is 18.2 Å². The predicted octanol–water partition coefficient (Wildman–Crippen LogP) is 3.18. The number of benzene rings is 1. The smallest absolute Gasteiger partial charge is 0.320 e. The van der Waals surface area contributed by atoms with Crippen LogP contribution < -0.4 is 10.6 Å². The number of hydrogen-bond donors (Lipinski definition) is 2. The molecule has 0 spiro atoms. The van der Waals surface area contributed by atoms with Crippen LogP contribution in [-0.4, -0.2) is 35.5 Å². The highest BCUT2D eigenvalue weighted by Gasteiger charge is 2.24. The molecule has 1 unspecified atom stereocenters. The molecular formula is C18H21FN4O. The summed E-state index contributed by atoms with van der Waals surface area (Å²) in [5.41, 5.74) is 1.01. The average Bonchev–Trinajstić information content (AvgIpc) is 3.12. The van der Waals surface area contributed by atoms with Crippen molar-refractivity contribution in [3.63, 3.8) is 0 Å². The third-order valence-electron chi connectivity index (χ3n) is 4.20. The summed E-state index contributed by atoms with van der Waals surface area (Å²) in [4.78, 5) is 18.5. The van der Waals surface area contributed by atoms with Gasteiger partial charge in [-0.3, -0.25) is 10.2 Å². The van der Waals surface area contributed by atoms with Crippen LogP contribution in [0.25, 0.3) is 0 Å². The molecule has 1 atom stereocenters. The third kappa shape index (κ3) is 4.29. The summed E-state index contributed by atoms with van der Waals surface area (Å²) in [6.07, 6.45) is 3.93. The fraction of sp³-hybridized carbons (Fsp3) is 0.333. The Balaban J connectivity index is 1.63. The largest absolute Gasteiger partial charge is 0.336 e. The lowest BCUT2D eigenvalue weighted by Crippen LogP contribution is -2.38. The molecule has 2 amide bonds. The molecule has 1 aromatic heterocycles. The number of urea groups is 1. The Hall–Kier alpha value is -2.47. The van der Waals surface area contributed by atoms with Gasteiger partial charge in [-0.25, -0.2) is 14.2 Å². The molecule has 0 bridgehead atoms. The molecule has 1 aliphatic heterocycles. The fourth-order valence-electron chi connectivity index (χ4n) is 2.98. The van der Waals surface area contributed by atoms with E-state index in [1.54, 1.807) is 30.5 Å². The number of carbonyl (C=O) groups is 1. The van der Waals surface area contributed by atoms with Gasteiger partial charge in [-0.15, -0.1) is 0 Å². The van der Waals surface area contributed by atoms with Gasteiger partial charge in [0.2, 0.25) is 0 Å². The molecule has 5 nitrogen and oxygen atoms in total. The van der Waals surface area contributed by atoms with Crippen molar-refractivity contribution < 1.29 is 9.18 Å². The van der Waals surface area contributed by atoms with Crippen LogP contribution in [-0.2, 0) is 0 Å². The molecule has 6 heteroatoms. The van der Waals surface area contributed by atoms with Crippen molar-refractivity contribution in [1.82, 2.24) is 15.2 Å². The Morgan fingerprint density at radius 3 is 2.58 bits per heavy atom. The van der Waals surface area contributed by atoms with Gasteiger partial charge in [-0.05, 0) is 55.8 Å². The lowest BCUT2D eigenvalue weighted by Gasteiger charge is -2.28. The van der Waals surface area contributed by atoms with Crippen LogP contribution in [0.1, 0.15) is 24.4 Å². The summed E-state index contributed by atoms with van der Waals surface area (Å²) in [5.74, 6) is 0.259. The van der Waals surface area contributed by atoms with Crippen LogP contribution in [0.15, 0.2) is 48.7 Å². The Morgan fingerprint density at radius 2 is 1.92 bits per heavy atom. The Labute approximate surface area is 140 Å². The summed E-state index contributed by atoms with van der Waals surface area (Å²) in [7, 11) is 0. The fourth-order valence-corrected chi connectivity index (χ4v) is 2.98. The lowest BCUT2D eigenvalue weighted by molar-refractivity contribution is 0.227. The van der Waals surface area contributed by atoms with E-state index < -0.39 is 0 Å². The second-order valence-corrected chi connectivity index (χ2v) is 5.86. The molecule has 2 heterocycles. The zero-order chi connectivity index (χ0) is 16.8. The number of pyridine rings is 1. The molecular weight excluding hydrogens is 307 g/mol. The van der Waals surface area contributed by atoms with Gasteiger partial charge in [-0.2, -0.15) is 0 Å². The maximum Gasteiger partial charge on any atom is 0.320 e. The molecule has 2 N–H and O–H groups in total. The molecule has 1 aliphatic rings. The molecule has 1 aromatic carbocycles. The molecule has 2 aromatic rings. The number of nitrogens with zero attached hydrogens (tertiary/aromatic N) is 2. The van der Waals surface area contributed by atoms with Gasteiger partial charge in [0.25, 0.3) is 0 Å². The highest BCUT2D eigenvalue weighted by Crippen LogP contribution is 2.24. The zero-order valence-corrected chi connectivity index (χ0v) is 13.4. The topological polar surface area (TPSA) is 57.3 Å². The first kappa shape index (κ1) is 16.4. The highest BCUT2D eigenvalue weighted by molar-refractivity contribution is 5.88. The number of likely N-dealkylation sites (tertiary alicyclic amines) is 1. The van der Waals surface area contributed by atoms with Crippen LogP contribution in [0.2, 0.25) is 0 Å². The maximum absolute atomic E-state index is 13.2. The van der Waals surface area contributed by atoms with Crippen molar-refractivity contribution in [2.45, 2.75) is 18.9 Å². The Kier molecular flexibility index (Phi) is 5.38. The van der Waals surface area contributed by atoms with Gasteiger partial charge >= 0.3 is 6.03 Å². The molecule has 24 heavy (non-hydrogen) atoms. The van der Waals surface area contributed by atoms with Crippen molar-refractivity contribution in [3.05, 3.63) is 60.0 Å². The number of halogens is 1. The van der Waals surface area contributed by atoms with E-state index in [9.17, 15) is 9.18 Å². The van der Waals surface area contributed by atoms with Crippen LogP contribution in [0.3, 0.4) is 0 Å². The summed E-state index contributed by atoms with van der Waals surface area (Å²) in [5, 5.41) is 5.60. The highest BCUT2D eigenvalue weighted by atomic mass is 19.1. The number of rotatable bonds is 5. The van der Waals surface area contributed by atoms with E-state index in [0.29, 0.717) is 12.4 Å². The van der Waals surface area contributed by atoms with E-state index in [4.69, 9.17) is 0 Å². The Morgan fingerprint density at radius 1 is 1.17 bits per heavy atom. The van der Waals surface area contributed by atoms with Gasteiger partial charge in [0.1, 0.15) is 11.6 Å². The number of anilines is 1. The van der Waals surface area contributed by atoms with E-state index in [1.807, 2.05) is 6.07 Å². The second-order valence-electron chi connectivity index (χ2n) is 5.86. The Bertz CT molecular complexity index is 656. The van der Waals surface area contributed by atoms with E-state index in [-0.39, 0.29) is 17.9 Å². The van der Waals surface area contributed by atoms with Crippen LogP contribution >= 0.6 is 0 Å². The van der Waals surface area contributed by atoms with Crippen LogP contribution in [0.5, 0.6) is 0 Å². The van der Waals surface area contributed by atoms with Crippen molar-refractivity contribution in [3.8, 4) is 0 Å². The van der Waals surface area contributed by atoms with Gasteiger partial charge in [0, 0.05) is 12.7 Å². The molecule has 1 saturated heterocycles. The summed E-state index contributed by atoms with van der Waals surface area (Å²) in [6, 6.07) is 11.6. The molecule has 0 radical (unpaired) electrons. The molecule has 1 fully saturated rings. The number of amides is 2. The minimum absolute atomic E-state index is 0.0441. The SMILES string of the molecule is O=C(NCC(c1ccc(F)cc1)N1CCCC1)Nc1ccccn1. The van der Waals surface area contributed by atoms with Crippen molar-refractivity contribution in [2.75, 3.05) is 25.0 Å². The first-order chi connectivity index (χ1) is 11.7. The monoisotopic (exact) mass is 328 g/mol. The van der Waals surface area contributed by atoms with E-state index >= 15 is 0 Å². The molecule has 0 saturated carbocycles. The number of nitrogens with one attached hydrogen (secondary N) is 2. The number of aromatic nitrogens is 1. The lowest BCUT2D eigenvalue weighted by atomic mass is 10.1. The first-order valence-corrected chi connectivity index (χ1v) is 8.18. The molecule has 3 rings (SSSR count). The first-order valence-electron chi connectivity index (χ1n) is 8.18. The van der Waals surface area contributed by atoms with E-state index in [1.165, 1.54) is 12.1 Å². The minimum Gasteiger partial charge on any atom is -0.336 e. The van der Waals surface area contributed by atoms with E-state index in [2.05, 4.69) is 20.5 Å². The number of carbonyl (C=O) groups excluding carboxylic acids is 1.